The van der Waals surface area contributed by atoms with Crippen LogP contribution in [0.3, 0.4) is 0 Å². The molecule has 0 saturated heterocycles. The summed E-state index contributed by atoms with van der Waals surface area (Å²) >= 11 is 0. The van der Waals surface area contributed by atoms with E-state index in [2.05, 4.69) is 6.92 Å². The van der Waals surface area contributed by atoms with Gasteiger partial charge >= 0.3 is 0 Å². The molecule has 0 amide bonds. The molecule has 0 heterocycles. The van der Waals surface area contributed by atoms with Crippen molar-refractivity contribution in [3.63, 3.8) is 0 Å². The second-order valence-electron chi connectivity index (χ2n) is 3.87. The van der Waals surface area contributed by atoms with E-state index in [1.165, 1.54) is 19.3 Å². The summed E-state index contributed by atoms with van der Waals surface area (Å²) in [6.45, 7) is 2.20. The lowest BCUT2D eigenvalue weighted by molar-refractivity contribution is -0.0916. The van der Waals surface area contributed by atoms with Crippen LogP contribution in [0.5, 0.6) is 0 Å². The summed E-state index contributed by atoms with van der Waals surface area (Å²) in [5.74, 6) is 0. The second-order valence-corrected chi connectivity index (χ2v) is 3.87. The molecule has 0 radical (unpaired) electrons. The van der Waals surface area contributed by atoms with Gasteiger partial charge < -0.3 is 10.5 Å². The van der Waals surface area contributed by atoms with Crippen LogP contribution in [-0.2, 0) is 4.74 Å². The molecule has 1 atom stereocenters. The van der Waals surface area contributed by atoms with Crippen molar-refractivity contribution in [2.24, 2.45) is 5.73 Å². The summed E-state index contributed by atoms with van der Waals surface area (Å²) in [5.41, 5.74) is 6.14. The van der Waals surface area contributed by atoms with Gasteiger partial charge in [0.05, 0.1) is 5.60 Å². The van der Waals surface area contributed by atoms with Crippen LogP contribution in [0.15, 0.2) is 0 Å². The summed E-state index contributed by atoms with van der Waals surface area (Å²) in [7, 11) is 1.80. The molecule has 0 aliphatic heterocycles. The maximum Gasteiger partial charge on any atom is 0.0828 e. The van der Waals surface area contributed by atoms with Crippen LogP contribution in [0.25, 0.3) is 0 Å². The highest BCUT2D eigenvalue weighted by molar-refractivity contribution is 4.97. The summed E-state index contributed by atoms with van der Waals surface area (Å²) < 4.78 is 5.51. The Bertz CT molecular complexity index is 126. The molecule has 0 spiro atoms. The zero-order chi connectivity index (χ0) is 9.03. The molecule has 0 aromatic rings. The maximum atomic E-state index is 6.09. The van der Waals surface area contributed by atoms with Crippen molar-refractivity contribution in [3.8, 4) is 0 Å². The number of ether oxygens (including phenoxy) is 1. The van der Waals surface area contributed by atoms with Gasteiger partial charge in [-0.05, 0) is 25.7 Å². The highest BCUT2D eigenvalue weighted by atomic mass is 16.5. The average Bonchev–Trinajstić information content (AvgIpc) is 2.00. The van der Waals surface area contributed by atoms with E-state index in [1.54, 1.807) is 7.11 Å². The number of rotatable bonds is 5. The number of methoxy groups -OCH3 is 1. The van der Waals surface area contributed by atoms with Crippen LogP contribution in [0, 0.1) is 0 Å². The van der Waals surface area contributed by atoms with Crippen LogP contribution in [0.1, 0.15) is 45.4 Å². The third kappa shape index (κ3) is 1.80. The molecule has 1 rings (SSSR count). The van der Waals surface area contributed by atoms with Gasteiger partial charge in [-0.1, -0.05) is 19.8 Å². The number of nitrogens with two attached hydrogens (primary N) is 1. The maximum absolute atomic E-state index is 6.09. The number of hydrogen-bond acceptors (Lipinski definition) is 2. The van der Waals surface area contributed by atoms with E-state index >= 15 is 0 Å². The Morgan fingerprint density at radius 1 is 1.50 bits per heavy atom. The highest BCUT2D eigenvalue weighted by Crippen LogP contribution is 2.38. The monoisotopic (exact) mass is 171 g/mol. The van der Waals surface area contributed by atoms with E-state index in [9.17, 15) is 0 Å². The van der Waals surface area contributed by atoms with Gasteiger partial charge in [0.1, 0.15) is 0 Å². The predicted molar refractivity (Wildman–Crippen MR) is 51.1 cm³/mol. The summed E-state index contributed by atoms with van der Waals surface area (Å²) in [5, 5.41) is 0. The van der Waals surface area contributed by atoms with Crippen molar-refractivity contribution in [2.75, 3.05) is 7.11 Å². The first kappa shape index (κ1) is 10.0. The zero-order valence-corrected chi connectivity index (χ0v) is 8.31. The molecule has 2 heteroatoms. The smallest absolute Gasteiger partial charge is 0.0828 e. The molecule has 2 nitrogen and oxygen atoms in total. The largest absolute Gasteiger partial charge is 0.377 e. The molecule has 1 aliphatic rings. The van der Waals surface area contributed by atoms with E-state index in [0.29, 0.717) is 0 Å². The van der Waals surface area contributed by atoms with E-state index in [0.717, 1.165) is 19.3 Å². The predicted octanol–water partition coefficient (Wildman–Crippen LogP) is 2.07. The number of hydrogen-bond donors (Lipinski definition) is 1. The van der Waals surface area contributed by atoms with Crippen LogP contribution in [0.2, 0.25) is 0 Å². The van der Waals surface area contributed by atoms with Gasteiger partial charge in [0.2, 0.25) is 0 Å². The van der Waals surface area contributed by atoms with Crippen molar-refractivity contribution in [2.45, 2.75) is 57.1 Å². The van der Waals surface area contributed by atoms with Gasteiger partial charge in [0.15, 0.2) is 0 Å². The molecular formula is C10H21NO. The molecular weight excluding hydrogens is 150 g/mol. The van der Waals surface area contributed by atoms with Crippen LogP contribution in [-0.4, -0.2) is 18.8 Å². The Labute approximate surface area is 75.5 Å². The molecule has 2 N–H and O–H groups in total. The molecule has 1 aliphatic carbocycles. The third-order valence-corrected chi connectivity index (χ3v) is 3.15. The van der Waals surface area contributed by atoms with Gasteiger partial charge in [-0.3, -0.25) is 0 Å². The molecule has 0 aromatic carbocycles. The topological polar surface area (TPSA) is 35.2 Å². The normalized spacial score (nSPS) is 23.2. The van der Waals surface area contributed by atoms with Crippen LogP contribution in [0.4, 0.5) is 0 Å². The zero-order valence-electron chi connectivity index (χ0n) is 8.31. The minimum absolute atomic E-state index is 0.0508. The summed E-state index contributed by atoms with van der Waals surface area (Å²) in [6, 6.07) is 0.260. The van der Waals surface area contributed by atoms with Crippen molar-refractivity contribution in [3.05, 3.63) is 0 Å². The van der Waals surface area contributed by atoms with Gasteiger partial charge in [-0.25, -0.2) is 0 Å². The second kappa shape index (κ2) is 4.24. The standard InChI is InChI=1S/C10H21NO/c1-3-4-6-9(11)10(12-2)7-5-8-10/h9H,3-8,11H2,1-2H3. The molecule has 72 valence electrons. The minimum Gasteiger partial charge on any atom is -0.377 e. The third-order valence-electron chi connectivity index (χ3n) is 3.15. The first-order valence-corrected chi connectivity index (χ1v) is 5.06. The molecule has 0 bridgehead atoms. The fourth-order valence-corrected chi connectivity index (χ4v) is 1.94. The van der Waals surface area contributed by atoms with Gasteiger partial charge in [-0.15, -0.1) is 0 Å². The van der Waals surface area contributed by atoms with E-state index in [-0.39, 0.29) is 11.6 Å². The fraction of sp³-hybridized carbons (Fsp3) is 1.00. The molecule has 1 saturated carbocycles. The fourth-order valence-electron chi connectivity index (χ4n) is 1.94. The lowest BCUT2D eigenvalue weighted by Gasteiger charge is -2.45. The van der Waals surface area contributed by atoms with Crippen LogP contribution >= 0.6 is 0 Å². The Morgan fingerprint density at radius 2 is 2.17 bits per heavy atom. The van der Waals surface area contributed by atoms with Crippen LogP contribution < -0.4 is 5.73 Å². The van der Waals surface area contributed by atoms with E-state index in [1.807, 2.05) is 0 Å². The summed E-state index contributed by atoms with van der Waals surface area (Å²) in [4.78, 5) is 0. The quantitative estimate of drug-likeness (QED) is 0.687. The number of unbranched alkanes of at least 4 members (excludes halogenated alkanes) is 1. The van der Waals surface area contributed by atoms with Gasteiger partial charge in [-0.2, -0.15) is 0 Å². The summed E-state index contributed by atoms with van der Waals surface area (Å²) in [6.07, 6.45) is 7.18. The first-order chi connectivity index (χ1) is 5.75. The van der Waals surface area contributed by atoms with E-state index in [4.69, 9.17) is 10.5 Å². The Kier molecular flexibility index (Phi) is 3.53. The molecule has 12 heavy (non-hydrogen) atoms. The van der Waals surface area contributed by atoms with E-state index < -0.39 is 0 Å². The van der Waals surface area contributed by atoms with Crippen molar-refractivity contribution in [1.29, 1.82) is 0 Å². The van der Waals surface area contributed by atoms with Crippen molar-refractivity contribution < 1.29 is 4.74 Å². The Morgan fingerprint density at radius 3 is 2.50 bits per heavy atom. The first-order valence-electron chi connectivity index (χ1n) is 5.06. The minimum atomic E-state index is 0.0508. The SMILES string of the molecule is CCCCC(N)C1(OC)CCC1. The lowest BCUT2D eigenvalue weighted by Crippen LogP contribution is -2.54. The molecule has 1 fully saturated rings. The Balaban J connectivity index is 2.32. The van der Waals surface area contributed by atoms with Gasteiger partial charge in [0, 0.05) is 13.2 Å². The highest BCUT2D eigenvalue weighted by Gasteiger charge is 2.41. The Hall–Kier alpha value is -0.0800. The molecule has 1 unspecified atom stereocenters. The average molecular weight is 171 g/mol. The van der Waals surface area contributed by atoms with Gasteiger partial charge in [0.25, 0.3) is 0 Å². The molecule has 0 aromatic heterocycles. The lowest BCUT2D eigenvalue weighted by atomic mass is 9.73. The van der Waals surface area contributed by atoms with Crippen molar-refractivity contribution >= 4 is 0 Å². The van der Waals surface area contributed by atoms with Crippen molar-refractivity contribution in [1.82, 2.24) is 0 Å².